The van der Waals surface area contributed by atoms with Crippen LogP contribution in [0.15, 0.2) is 54.6 Å². The molecule has 3 heteroatoms. The third kappa shape index (κ3) is 3.30. The number of carbonyl (C=O) groups is 1. The number of amides is 1. The van der Waals surface area contributed by atoms with Crippen LogP contribution in [0, 0.1) is 5.41 Å². The van der Waals surface area contributed by atoms with Crippen LogP contribution in [0.3, 0.4) is 0 Å². The van der Waals surface area contributed by atoms with Gasteiger partial charge in [0.1, 0.15) is 0 Å². The second kappa shape index (κ2) is 7.42. The predicted octanol–water partition coefficient (Wildman–Crippen LogP) is 3.57. The van der Waals surface area contributed by atoms with Crippen LogP contribution >= 0.6 is 0 Å². The van der Waals surface area contributed by atoms with E-state index in [1.54, 1.807) is 0 Å². The molecule has 0 saturated carbocycles. The van der Waals surface area contributed by atoms with Gasteiger partial charge in [-0.25, -0.2) is 0 Å². The van der Waals surface area contributed by atoms with Crippen molar-refractivity contribution in [1.82, 2.24) is 0 Å². The Hall–Kier alpha value is -2.13. The number of nitrogens with two attached hydrogens (primary N) is 2. The normalized spacial score (nSPS) is 12.8. The lowest BCUT2D eigenvalue weighted by atomic mass is 9.65. The summed E-state index contributed by atoms with van der Waals surface area (Å²) >= 11 is 0. The summed E-state index contributed by atoms with van der Waals surface area (Å²) in [7, 11) is 0. The van der Waals surface area contributed by atoms with Crippen LogP contribution in [0.25, 0.3) is 0 Å². The molecule has 0 heterocycles. The minimum atomic E-state index is -0.603. The molecule has 1 atom stereocenters. The Morgan fingerprint density at radius 3 is 2.13 bits per heavy atom. The van der Waals surface area contributed by atoms with Gasteiger partial charge < -0.3 is 11.5 Å². The van der Waals surface area contributed by atoms with Crippen LogP contribution in [0.1, 0.15) is 49.3 Å². The van der Waals surface area contributed by atoms with E-state index in [9.17, 15) is 4.79 Å². The van der Waals surface area contributed by atoms with E-state index in [1.165, 1.54) is 0 Å². The molecule has 122 valence electrons. The topological polar surface area (TPSA) is 69.1 Å². The second-order valence-electron chi connectivity index (χ2n) is 6.02. The molecule has 0 saturated heterocycles. The van der Waals surface area contributed by atoms with Crippen molar-refractivity contribution < 1.29 is 4.79 Å². The summed E-state index contributed by atoms with van der Waals surface area (Å²) in [6.07, 6.45) is 1.40. The van der Waals surface area contributed by atoms with Crippen LogP contribution in [-0.4, -0.2) is 5.91 Å². The molecule has 2 rings (SSSR count). The second-order valence-corrected chi connectivity index (χ2v) is 6.02. The molecule has 3 nitrogen and oxygen atoms in total. The smallest absolute Gasteiger partial charge is 0.224 e. The molecule has 0 fully saturated rings. The summed E-state index contributed by atoms with van der Waals surface area (Å²) in [5.74, 6) is -0.308. The number of benzene rings is 2. The number of rotatable bonds is 7. The van der Waals surface area contributed by atoms with E-state index >= 15 is 0 Å². The van der Waals surface area contributed by atoms with Crippen LogP contribution < -0.4 is 11.5 Å². The van der Waals surface area contributed by atoms with Crippen molar-refractivity contribution >= 4 is 5.91 Å². The fourth-order valence-corrected chi connectivity index (χ4v) is 3.52. The number of primary amides is 1. The maximum Gasteiger partial charge on any atom is 0.224 e. The van der Waals surface area contributed by atoms with E-state index < -0.39 is 5.41 Å². The van der Waals surface area contributed by atoms with Gasteiger partial charge in [0.05, 0.1) is 5.41 Å². The zero-order chi connectivity index (χ0) is 16.9. The molecule has 1 unspecified atom stereocenters. The van der Waals surface area contributed by atoms with Crippen molar-refractivity contribution in [2.45, 2.75) is 39.2 Å². The number of hydrogen-bond donors (Lipinski definition) is 2. The average Bonchev–Trinajstić information content (AvgIpc) is 2.60. The molecule has 0 bridgehead atoms. The van der Waals surface area contributed by atoms with E-state index in [1.807, 2.05) is 44.2 Å². The van der Waals surface area contributed by atoms with Gasteiger partial charge in [-0.3, -0.25) is 4.79 Å². The lowest BCUT2D eigenvalue weighted by Gasteiger charge is -2.38. The fraction of sp³-hybridized carbons (Fsp3) is 0.350. The molecule has 1 amide bonds. The first-order chi connectivity index (χ1) is 11.1. The molecule has 2 aromatic carbocycles. The summed E-state index contributed by atoms with van der Waals surface area (Å²) in [5, 5.41) is 0. The molecule has 0 spiro atoms. The third-order valence-corrected chi connectivity index (χ3v) is 4.96. The monoisotopic (exact) mass is 310 g/mol. The van der Waals surface area contributed by atoms with E-state index in [4.69, 9.17) is 11.5 Å². The molecule has 0 aliphatic carbocycles. The first-order valence-electron chi connectivity index (χ1n) is 8.22. The maximum atomic E-state index is 12.4. The molecule has 2 aromatic rings. The number of carbonyl (C=O) groups excluding carboxylic acids is 1. The van der Waals surface area contributed by atoms with Gasteiger partial charge in [-0.1, -0.05) is 68.4 Å². The van der Waals surface area contributed by atoms with Gasteiger partial charge in [-0.15, -0.1) is 0 Å². The summed E-state index contributed by atoms with van der Waals surface area (Å²) in [4.78, 5) is 12.4. The molecule has 0 aliphatic heterocycles. The van der Waals surface area contributed by atoms with E-state index in [-0.39, 0.29) is 11.8 Å². The summed E-state index contributed by atoms with van der Waals surface area (Å²) in [5.41, 5.74) is 14.4. The largest absolute Gasteiger partial charge is 0.369 e. The van der Waals surface area contributed by atoms with Gasteiger partial charge in [0.25, 0.3) is 0 Å². The van der Waals surface area contributed by atoms with E-state index in [0.29, 0.717) is 19.4 Å². The van der Waals surface area contributed by atoms with Crippen molar-refractivity contribution in [3.63, 3.8) is 0 Å². The Balaban J connectivity index is 2.67. The molecular formula is C20H26N2O. The van der Waals surface area contributed by atoms with Crippen molar-refractivity contribution in [3.05, 3.63) is 71.3 Å². The lowest BCUT2D eigenvalue weighted by molar-refractivity contribution is -0.129. The van der Waals surface area contributed by atoms with Gasteiger partial charge in [0.15, 0.2) is 0 Å². The lowest BCUT2D eigenvalue weighted by Crippen LogP contribution is -2.41. The molecule has 0 aromatic heterocycles. The minimum absolute atomic E-state index is 0.0669. The SMILES string of the molecule is CCC(CC)(C(N)=O)C(c1ccccc1)c1cccc(CN)c1. The van der Waals surface area contributed by atoms with Crippen molar-refractivity contribution in [2.75, 3.05) is 0 Å². The molecule has 0 radical (unpaired) electrons. The van der Waals surface area contributed by atoms with Crippen LogP contribution in [0.5, 0.6) is 0 Å². The highest BCUT2D eigenvalue weighted by molar-refractivity contribution is 5.83. The summed E-state index contributed by atoms with van der Waals surface area (Å²) < 4.78 is 0. The van der Waals surface area contributed by atoms with E-state index in [2.05, 4.69) is 24.3 Å². The molecule has 23 heavy (non-hydrogen) atoms. The van der Waals surface area contributed by atoms with Crippen molar-refractivity contribution in [2.24, 2.45) is 16.9 Å². The van der Waals surface area contributed by atoms with Gasteiger partial charge in [0.2, 0.25) is 5.91 Å². The number of hydrogen-bond acceptors (Lipinski definition) is 2. The Morgan fingerprint density at radius 2 is 1.61 bits per heavy atom. The van der Waals surface area contributed by atoms with Crippen molar-refractivity contribution in [3.8, 4) is 0 Å². The quantitative estimate of drug-likeness (QED) is 0.821. The first kappa shape index (κ1) is 17.2. The minimum Gasteiger partial charge on any atom is -0.369 e. The standard InChI is InChI=1S/C20H26N2O/c1-3-20(4-2,19(22)23)18(16-10-6-5-7-11-16)17-12-8-9-15(13-17)14-21/h5-13,18H,3-4,14,21H2,1-2H3,(H2,22,23). The van der Waals surface area contributed by atoms with Crippen LogP contribution in [0.4, 0.5) is 0 Å². The molecule has 4 N–H and O–H groups in total. The zero-order valence-corrected chi connectivity index (χ0v) is 14.0. The Labute approximate surface area is 138 Å². The molecule has 0 aliphatic rings. The van der Waals surface area contributed by atoms with Gasteiger partial charge in [-0.2, -0.15) is 0 Å². The zero-order valence-electron chi connectivity index (χ0n) is 14.0. The Morgan fingerprint density at radius 1 is 1.00 bits per heavy atom. The fourth-order valence-electron chi connectivity index (χ4n) is 3.52. The van der Waals surface area contributed by atoms with Crippen LogP contribution in [-0.2, 0) is 11.3 Å². The highest BCUT2D eigenvalue weighted by Crippen LogP contribution is 2.46. The van der Waals surface area contributed by atoms with Gasteiger partial charge >= 0.3 is 0 Å². The summed E-state index contributed by atoms with van der Waals surface area (Å²) in [6.45, 7) is 4.56. The summed E-state index contributed by atoms with van der Waals surface area (Å²) in [6, 6.07) is 18.3. The molecular weight excluding hydrogens is 284 g/mol. The third-order valence-electron chi connectivity index (χ3n) is 4.96. The first-order valence-corrected chi connectivity index (χ1v) is 8.22. The van der Waals surface area contributed by atoms with Crippen LogP contribution in [0.2, 0.25) is 0 Å². The highest BCUT2D eigenvalue weighted by Gasteiger charge is 2.42. The maximum absolute atomic E-state index is 12.4. The van der Waals surface area contributed by atoms with Gasteiger partial charge in [-0.05, 0) is 29.5 Å². The Kier molecular flexibility index (Phi) is 5.56. The van der Waals surface area contributed by atoms with Crippen molar-refractivity contribution in [1.29, 1.82) is 0 Å². The van der Waals surface area contributed by atoms with Gasteiger partial charge in [0, 0.05) is 12.5 Å². The average molecular weight is 310 g/mol. The predicted molar refractivity (Wildman–Crippen MR) is 94.8 cm³/mol. The highest BCUT2D eigenvalue weighted by atomic mass is 16.1. The Bertz CT molecular complexity index is 648. The van der Waals surface area contributed by atoms with E-state index in [0.717, 1.165) is 16.7 Å².